The molecule has 1 heterocycles. The molecule has 0 saturated heterocycles. The van der Waals surface area contributed by atoms with E-state index in [1.165, 1.54) is 6.20 Å². The summed E-state index contributed by atoms with van der Waals surface area (Å²) in [6, 6.07) is 0. The lowest BCUT2D eigenvalue weighted by Crippen LogP contribution is -2.12. The normalized spacial score (nSPS) is 10.4. The van der Waals surface area contributed by atoms with E-state index in [9.17, 15) is 4.79 Å². The zero-order valence-electron chi connectivity index (χ0n) is 9.00. The lowest BCUT2D eigenvalue weighted by molar-refractivity contribution is 0.283. The summed E-state index contributed by atoms with van der Waals surface area (Å²) in [7, 11) is 0. The van der Waals surface area contributed by atoms with E-state index in [4.69, 9.17) is 16.7 Å². The Kier molecular flexibility index (Phi) is 5.88. The number of unbranched alkanes of at least 4 members (excludes halogenated alkanes) is 3. The molecule has 0 atom stereocenters. The van der Waals surface area contributed by atoms with E-state index in [0.717, 1.165) is 32.2 Å². The second kappa shape index (κ2) is 7.24. The maximum absolute atomic E-state index is 11.1. The minimum absolute atomic E-state index is 0.144. The van der Waals surface area contributed by atoms with Gasteiger partial charge >= 0.3 is 0 Å². The van der Waals surface area contributed by atoms with Gasteiger partial charge in [0, 0.05) is 13.2 Å². The Balaban J connectivity index is 2.27. The van der Waals surface area contributed by atoms with Crippen molar-refractivity contribution in [2.75, 3.05) is 18.5 Å². The Labute approximate surface area is 98.8 Å². The van der Waals surface area contributed by atoms with Crippen molar-refractivity contribution in [3.8, 4) is 0 Å². The molecule has 0 aliphatic carbocycles. The number of hydrogen-bond donors (Lipinski definition) is 3. The fraction of sp³-hybridized carbons (Fsp3) is 0.600. The third-order valence-electron chi connectivity index (χ3n) is 2.20. The highest BCUT2D eigenvalue weighted by molar-refractivity contribution is 6.32. The monoisotopic (exact) mass is 245 g/mol. The van der Waals surface area contributed by atoms with Gasteiger partial charge in [-0.15, -0.1) is 0 Å². The molecule has 5 nitrogen and oxygen atoms in total. The van der Waals surface area contributed by atoms with Crippen LogP contribution in [0.2, 0.25) is 5.02 Å². The number of rotatable bonds is 7. The Morgan fingerprint density at radius 3 is 2.88 bits per heavy atom. The van der Waals surface area contributed by atoms with Crippen LogP contribution in [-0.4, -0.2) is 28.5 Å². The van der Waals surface area contributed by atoms with E-state index in [0.29, 0.717) is 5.69 Å². The molecule has 1 aromatic heterocycles. The second-order valence-electron chi connectivity index (χ2n) is 3.49. The first kappa shape index (κ1) is 13.0. The van der Waals surface area contributed by atoms with Crippen molar-refractivity contribution in [1.29, 1.82) is 0 Å². The molecule has 0 amide bonds. The SMILES string of the molecule is O=c1[nH]ncc(NCCCCCCO)c1Cl. The van der Waals surface area contributed by atoms with E-state index in [1.54, 1.807) is 0 Å². The zero-order chi connectivity index (χ0) is 11.8. The van der Waals surface area contributed by atoms with Crippen LogP contribution in [0, 0.1) is 0 Å². The van der Waals surface area contributed by atoms with Crippen molar-refractivity contribution < 1.29 is 5.11 Å². The average Bonchev–Trinajstić information content (AvgIpc) is 2.29. The maximum atomic E-state index is 11.1. The van der Waals surface area contributed by atoms with Gasteiger partial charge in [0.05, 0.1) is 11.9 Å². The van der Waals surface area contributed by atoms with Gasteiger partial charge < -0.3 is 10.4 Å². The summed E-state index contributed by atoms with van der Waals surface area (Å²) < 4.78 is 0. The summed E-state index contributed by atoms with van der Waals surface area (Å²) in [5.41, 5.74) is 0.180. The highest BCUT2D eigenvalue weighted by Gasteiger charge is 2.03. The zero-order valence-corrected chi connectivity index (χ0v) is 9.76. The molecule has 0 aliphatic rings. The van der Waals surface area contributed by atoms with Gasteiger partial charge in [0.15, 0.2) is 0 Å². The van der Waals surface area contributed by atoms with Crippen molar-refractivity contribution in [2.24, 2.45) is 0 Å². The van der Waals surface area contributed by atoms with Crippen molar-refractivity contribution in [3.05, 3.63) is 21.6 Å². The highest BCUT2D eigenvalue weighted by Crippen LogP contribution is 2.14. The summed E-state index contributed by atoms with van der Waals surface area (Å²) in [4.78, 5) is 11.1. The molecule has 6 heteroatoms. The van der Waals surface area contributed by atoms with Gasteiger partial charge in [0.25, 0.3) is 5.56 Å². The molecule has 0 bridgehead atoms. The fourth-order valence-corrected chi connectivity index (χ4v) is 1.48. The van der Waals surface area contributed by atoms with Crippen LogP contribution in [-0.2, 0) is 0 Å². The van der Waals surface area contributed by atoms with Gasteiger partial charge in [-0.25, -0.2) is 5.10 Å². The number of aliphatic hydroxyl groups excluding tert-OH is 1. The van der Waals surface area contributed by atoms with Gasteiger partial charge in [0.1, 0.15) is 5.02 Å². The molecular weight excluding hydrogens is 230 g/mol. The third kappa shape index (κ3) is 4.20. The molecule has 3 N–H and O–H groups in total. The van der Waals surface area contributed by atoms with E-state index in [2.05, 4.69) is 15.5 Å². The van der Waals surface area contributed by atoms with Crippen LogP contribution < -0.4 is 10.9 Å². The van der Waals surface area contributed by atoms with Crippen LogP contribution in [0.5, 0.6) is 0 Å². The van der Waals surface area contributed by atoms with Crippen LogP contribution in [0.1, 0.15) is 25.7 Å². The minimum atomic E-state index is -0.382. The molecule has 0 aromatic carbocycles. The molecule has 90 valence electrons. The molecule has 0 aliphatic heterocycles. The Morgan fingerprint density at radius 2 is 2.12 bits per heavy atom. The standard InChI is InChI=1S/C10H16ClN3O2/c11-9-8(7-13-14-10(9)16)12-5-3-1-2-4-6-15/h7,15H,1-6H2,(H2,12,14,16). The lowest BCUT2D eigenvalue weighted by Gasteiger charge is -2.06. The number of nitrogens with one attached hydrogen (secondary N) is 2. The van der Waals surface area contributed by atoms with Crippen molar-refractivity contribution >= 4 is 17.3 Å². The molecule has 1 aromatic rings. The van der Waals surface area contributed by atoms with Crippen LogP contribution in [0.15, 0.2) is 11.0 Å². The summed E-state index contributed by atoms with van der Waals surface area (Å²) in [5.74, 6) is 0. The molecule has 0 unspecified atom stereocenters. The van der Waals surface area contributed by atoms with Gasteiger partial charge in [-0.1, -0.05) is 24.4 Å². The Bertz CT molecular complexity index is 367. The Hall–Kier alpha value is -1.07. The molecule has 0 fully saturated rings. The molecule has 16 heavy (non-hydrogen) atoms. The molecule has 0 spiro atoms. The topological polar surface area (TPSA) is 78.0 Å². The van der Waals surface area contributed by atoms with Crippen molar-refractivity contribution in [3.63, 3.8) is 0 Å². The quantitative estimate of drug-likeness (QED) is 0.635. The van der Waals surface area contributed by atoms with E-state index >= 15 is 0 Å². The maximum Gasteiger partial charge on any atom is 0.285 e. The number of nitrogens with zero attached hydrogens (tertiary/aromatic N) is 1. The largest absolute Gasteiger partial charge is 0.396 e. The molecule has 0 saturated carbocycles. The number of aliphatic hydroxyl groups is 1. The molecule has 1 rings (SSSR count). The smallest absolute Gasteiger partial charge is 0.285 e. The predicted octanol–water partition coefficient (Wildman–Crippen LogP) is 1.39. The van der Waals surface area contributed by atoms with E-state index < -0.39 is 0 Å². The van der Waals surface area contributed by atoms with Crippen LogP contribution in [0.25, 0.3) is 0 Å². The molecular formula is C10H16ClN3O2. The number of hydrogen-bond acceptors (Lipinski definition) is 4. The minimum Gasteiger partial charge on any atom is -0.396 e. The predicted molar refractivity (Wildman–Crippen MR) is 63.9 cm³/mol. The van der Waals surface area contributed by atoms with Crippen molar-refractivity contribution in [2.45, 2.75) is 25.7 Å². The number of anilines is 1. The molecule has 0 radical (unpaired) electrons. The fourth-order valence-electron chi connectivity index (χ4n) is 1.32. The first-order valence-corrected chi connectivity index (χ1v) is 5.71. The van der Waals surface area contributed by atoms with Crippen molar-refractivity contribution in [1.82, 2.24) is 10.2 Å². The summed E-state index contributed by atoms with van der Waals surface area (Å²) >= 11 is 5.78. The lowest BCUT2D eigenvalue weighted by atomic mass is 10.2. The summed E-state index contributed by atoms with van der Waals surface area (Å²) in [6.45, 7) is 0.994. The number of halogens is 1. The van der Waals surface area contributed by atoms with E-state index in [-0.39, 0.29) is 17.2 Å². The van der Waals surface area contributed by atoms with Gasteiger partial charge in [0.2, 0.25) is 0 Å². The highest BCUT2D eigenvalue weighted by atomic mass is 35.5. The second-order valence-corrected chi connectivity index (χ2v) is 3.87. The van der Waals surface area contributed by atoms with E-state index in [1.807, 2.05) is 0 Å². The summed E-state index contributed by atoms with van der Waals surface area (Å²) in [5, 5.41) is 17.7. The summed E-state index contributed by atoms with van der Waals surface area (Å²) in [6.07, 6.45) is 5.37. The van der Waals surface area contributed by atoms with Gasteiger partial charge in [-0.05, 0) is 12.8 Å². The van der Waals surface area contributed by atoms with Gasteiger partial charge in [-0.2, -0.15) is 5.10 Å². The Morgan fingerprint density at radius 1 is 1.38 bits per heavy atom. The number of aromatic amines is 1. The first-order valence-electron chi connectivity index (χ1n) is 5.33. The first-order chi connectivity index (χ1) is 7.75. The number of aromatic nitrogens is 2. The van der Waals surface area contributed by atoms with Crippen LogP contribution in [0.3, 0.4) is 0 Å². The number of H-pyrrole nitrogens is 1. The van der Waals surface area contributed by atoms with Gasteiger partial charge in [-0.3, -0.25) is 4.79 Å². The van der Waals surface area contributed by atoms with Crippen LogP contribution >= 0.6 is 11.6 Å². The third-order valence-corrected chi connectivity index (χ3v) is 2.57. The average molecular weight is 246 g/mol. The van der Waals surface area contributed by atoms with Crippen LogP contribution in [0.4, 0.5) is 5.69 Å².